The molecule has 8 nitrogen and oxygen atoms in total. The van der Waals surface area contributed by atoms with E-state index in [2.05, 4.69) is 0 Å². The Morgan fingerprint density at radius 2 is 1.62 bits per heavy atom. The number of carbonyl (C=O) groups excluding carboxylic acids is 1. The number of carboxylic acids is 1. The van der Waals surface area contributed by atoms with Crippen LogP contribution in [0.25, 0.3) is 0 Å². The van der Waals surface area contributed by atoms with Gasteiger partial charge < -0.3 is 29.3 Å². The Hall–Kier alpha value is -3.88. The van der Waals surface area contributed by atoms with E-state index in [0.717, 1.165) is 16.7 Å². The van der Waals surface area contributed by atoms with Crippen molar-refractivity contribution in [2.24, 2.45) is 0 Å². The largest absolute Gasteiger partial charge is 0.493 e. The van der Waals surface area contributed by atoms with Crippen LogP contribution in [0.4, 0.5) is 0 Å². The third-order valence-electron chi connectivity index (χ3n) is 7.75. The van der Waals surface area contributed by atoms with Gasteiger partial charge in [0.1, 0.15) is 12.6 Å². The van der Waals surface area contributed by atoms with Gasteiger partial charge in [0.25, 0.3) is 5.91 Å². The predicted molar refractivity (Wildman–Crippen MR) is 148 cm³/mol. The van der Waals surface area contributed by atoms with E-state index in [4.69, 9.17) is 14.2 Å². The molecule has 40 heavy (non-hydrogen) atoms. The zero-order valence-electron chi connectivity index (χ0n) is 22.6. The molecule has 2 N–H and O–H groups in total. The molecule has 8 heteroatoms. The number of methoxy groups -OCH3 is 1. The summed E-state index contributed by atoms with van der Waals surface area (Å²) in [5.41, 5.74) is 3.19. The maximum atomic E-state index is 14.1. The van der Waals surface area contributed by atoms with E-state index >= 15 is 0 Å². The van der Waals surface area contributed by atoms with Gasteiger partial charge in [-0.15, -0.1) is 0 Å². The highest BCUT2D eigenvalue weighted by atomic mass is 16.5. The zero-order chi connectivity index (χ0) is 28.1. The maximum absolute atomic E-state index is 14.1. The van der Waals surface area contributed by atoms with Crippen LogP contribution in [0.1, 0.15) is 54.0 Å². The number of aliphatic hydroxyl groups excluding tert-OH is 1. The molecule has 0 bridgehead atoms. The van der Waals surface area contributed by atoms with Gasteiger partial charge in [0.2, 0.25) is 0 Å². The topological polar surface area (TPSA) is 106 Å². The molecule has 1 heterocycles. The highest BCUT2D eigenvalue weighted by molar-refractivity contribution is 5.88. The molecular formula is C32H35NO7. The first-order valence-corrected chi connectivity index (χ1v) is 13.7. The first-order chi connectivity index (χ1) is 19.4. The summed E-state index contributed by atoms with van der Waals surface area (Å²) in [6, 6.07) is 21.5. The van der Waals surface area contributed by atoms with E-state index in [1.54, 1.807) is 13.2 Å². The van der Waals surface area contributed by atoms with Crippen molar-refractivity contribution in [2.75, 3.05) is 7.11 Å². The van der Waals surface area contributed by atoms with Crippen LogP contribution in [0.15, 0.2) is 72.8 Å². The minimum atomic E-state index is -1.10. The maximum Gasteiger partial charge on any atom is 0.326 e. The summed E-state index contributed by atoms with van der Waals surface area (Å²) < 4.78 is 18.1. The second-order valence-electron chi connectivity index (χ2n) is 10.4. The lowest BCUT2D eigenvalue weighted by Gasteiger charge is -2.38. The van der Waals surface area contributed by atoms with E-state index < -0.39 is 24.0 Å². The van der Waals surface area contributed by atoms with Crippen molar-refractivity contribution < 1.29 is 34.0 Å². The van der Waals surface area contributed by atoms with Crippen LogP contribution in [-0.2, 0) is 33.9 Å². The van der Waals surface area contributed by atoms with Crippen molar-refractivity contribution in [3.05, 3.63) is 95.1 Å². The number of fused-ring (bicyclic) bond motifs is 1. The van der Waals surface area contributed by atoms with Crippen LogP contribution >= 0.6 is 0 Å². The summed E-state index contributed by atoms with van der Waals surface area (Å²) in [4.78, 5) is 28.1. The van der Waals surface area contributed by atoms with Crippen LogP contribution in [0, 0.1) is 0 Å². The number of ether oxygens (including phenoxy) is 3. The summed E-state index contributed by atoms with van der Waals surface area (Å²) in [5.74, 6) is -0.469. The number of amides is 1. The lowest BCUT2D eigenvalue weighted by molar-refractivity contribution is -0.161. The van der Waals surface area contributed by atoms with Gasteiger partial charge in [-0.3, -0.25) is 4.79 Å². The summed E-state index contributed by atoms with van der Waals surface area (Å²) in [7, 11) is 1.55. The van der Waals surface area contributed by atoms with E-state index in [9.17, 15) is 19.8 Å². The first-order valence-electron chi connectivity index (χ1n) is 13.7. The van der Waals surface area contributed by atoms with Crippen LogP contribution in [0.3, 0.4) is 0 Å². The minimum absolute atomic E-state index is 0.0782. The number of aliphatic hydroxyl groups is 1. The van der Waals surface area contributed by atoms with E-state index in [1.807, 2.05) is 66.7 Å². The number of rotatable bonds is 9. The number of benzene rings is 3. The number of carboxylic acid groups (broad SMARTS) is 1. The SMILES string of the molecule is COc1ccc2c(c1OCc1ccccc1)C[C@@H](C(=O)O)N(C(=O)[C@H](O[C@H]1CC[C@@H](O)CC1)c1ccccc1)C2. The van der Waals surface area contributed by atoms with Crippen molar-refractivity contribution in [3.8, 4) is 11.5 Å². The summed E-state index contributed by atoms with van der Waals surface area (Å²) >= 11 is 0. The van der Waals surface area contributed by atoms with Gasteiger partial charge in [-0.05, 0) is 48.4 Å². The number of hydrogen-bond donors (Lipinski definition) is 2. The highest BCUT2D eigenvalue weighted by Gasteiger charge is 2.41. The summed E-state index contributed by atoms with van der Waals surface area (Å²) in [6.45, 7) is 0.404. The Morgan fingerprint density at radius 3 is 2.27 bits per heavy atom. The van der Waals surface area contributed by atoms with E-state index in [1.165, 1.54) is 4.90 Å². The molecule has 210 valence electrons. The monoisotopic (exact) mass is 545 g/mol. The van der Waals surface area contributed by atoms with Crippen LogP contribution in [0.2, 0.25) is 0 Å². The Labute approximate surface area is 234 Å². The van der Waals surface area contributed by atoms with Crippen molar-refractivity contribution in [3.63, 3.8) is 0 Å². The molecule has 0 saturated heterocycles. The normalized spacial score (nSPS) is 21.2. The summed E-state index contributed by atoms with van der Waals surface area (Å²) in [6.07, 6.45) is 1.10. The van der Waals surface area contributed by atoms with Gasteiger partial charge in [0.15, 0.2) is 17.6 Å². The fourth-order valence-electron chi connectivity index (χ4n) is 5.55. The average Bonchev–Trinajstić information content (AvgIpc) is 2.99. The molecular weight excluding hydrogens is 510 g/mol. The molecule has 0 radical (unpaired) electrons. The molecule has 1 fully saturated rings. The molecule has 1 aliphatic carbocycles. The average molecular weight is 546 g/mol. The lowest BCUT2D eigenvalue weighted by atomic mass is 9.91. The minimum Gasteiger partial charge on any atom is -0.493 e. The fourth-order valence-corrected chi connectivity index (χ4v) is 5.55. The van der Waals surface area contributed by atoms with Crippen LogP contribution < -0.4 is 9.47 Å². The van der Waals surface area contributed by atoms with Crippen molar-refractivity contribution in [1.82, 2.24) is 4.90 Å². The van der Waals surface area contributed by atoms with Gasteiger partial charge in [-0.2, -0.15) is 0 Å². The Bertz CT molecular complexity index is 1310. The predicted octanol–water partition coefficient (Wildman–Crippen LogP) is 4.67. The third kappa shape index (κ3) is 6.13. The molecule has 0 unspecified atom stereocenters. The Kier molecular flexibility index (Phi) is 8.67. The van der Waals surface area contributed by atoms with Crippen molar-refractivity contribution in [1.29, 1.82) is 0 Å². The fraction of sp³-hybridized carbons (Fsp3) is 0.375. The smallest absolute Gasteiger partial charge is 0.326 e. The third-order valence-corrected chi connectivity index (χ3v) is 7.75. The van der Waals surface area contributed by atoms with Crippen molar-refractivity contribution in [2.45, 2.75) is 69.6 Å². The van der Waals surface area contributed by atoms with Gasteiger partial charge in [-0.25, -0.2) is 4.79 Å². The Morgan fingerprint density at radius 1 is 0.950 bits per heavy atom. The second-order valence-corrected chi connectivity index (χ2v) is 10.4. The van der Waals surface area contributed by atoms with Crippen molar-refractivity contribution >= 4 is 11.9 Å². The molecule has 3 aromatic rings. The standard InChI is InChI=1S/C32H35NO7/c1-38-28-17-12-23-19-33(27(32(36)37)18-26(23)30(28)39-20-21-8-4-2-5-9-21)31(35)29(22-10-6-3-7-11-22)40-25-15-13-24(34)14-16-25/h2-12,17,24-25,27,29,34H,13-16,18-20H2,1H3,(H,36,37)/t24-,25+,27-,29+/m0/s1. The van der Waals surface area contributed by atoms with Gasteiger partial charge in [0.05, 0.1) is 19.3 Å². The molecule has 5 rings (SSSR count). The molecule has 1 aliphatic heterocycles. The number of nitrogens with zero attached hydrogens (tertiary/aromatic N) is 1. The molecule has 2 atom stereocenters. The molecule has 3 aromatic carbocycles. The van der Waals surface area contributed by atoms with Gasteiger partial charge in [-0.1, -0.05) is 66.7 Å². The van der Waals surface area contributed by atoms with Crippen LogP contribution in [0.5, 0.6) is 11.5 Å². The summed E-state index contributed by atoms with van der Waals surface area (Å²) in [5, 5.41) is 20.2. The van der Waals surface area contributed by atoms with Crippen LogP contribution in [-0.4, -0.2) is 52.3 Å². The molecule has 2 aliphatic rings. The first kappa shape index (κ1) is 27.7. The number of hydrogen-bond acceptors (Lipinski definition) is 6. The highest BCUT2D eigenvalue weighted by Crippen LogP contribution is 2.40. The quantitative estimate of drug-likeness (QED) is 0.402. The number of aliphatic carboxylic acids is 1. The second kappa shape index (κ2) is 12.5. The molecule has 1 saturated carbocycles. The van der Waals surface area contributed by atoms with Gasteiger partial charge in [0, 0.05) is 18.5 Å². The molecule has 1 amide bonds. The van der Waals surface area contributed by atoms with E-state index in [-0.39, 0.29) is 25.2 Å². The van der Waals surface area contributed by atoms with E-state index in [0.29, 0.717) is 49.4 Å². The molecule has 0 aromatic heterocycles. The molecule has 0 spiro atoms. The lowest BCUT2D eigenvalue weighted by Crippen LogP contribution is -2.51. The Balaban J connectivity index is 1.44. The van der Waals surface area contributed by atoms with Gasteiger partial charge >= 0.3 is 5.97 Å². The number of carbonyl (C=O) groups is 2. The zero-order valence-corrected chi connectivity index (χ0v) is 22.6.